The Morgan fingerprint density at radius 1 is 1.19 bits per heavy atom. The SMILES string of the molecule is CC(c1ccc(F)c(F)c1)N(C)C(=O)CCCCCCN. The van der Waals surface area contributed by atoms with E-state index < -0.39 is 11.6 Å². The molecule has 0 aliphatic heterocycles. The first kappa shape index (κ1) is 17.6. The van der Waals surface area contributed by atoms with E-state index in [9.17, 15) is 13.6 Å². The number of nitrogens with two attached hydrogens (primary N) is 1. The average molecular weight is 298 g/mol. The minimum absolute atomic E-state index is 0.0139. The first-order valence-corrected chi connectivity index (χ1v) is 7.38. The molecule has 1 aromatic carbocycles. The van der Waals surface area contributed by atoms with Crippen molar-refractivity contribution in [2.45, 2.75) is 45.1 Å². The van der Waals surface area contributed by atoms with Crippen molar-refractivity contribution >= 4 is 5.91 Å². The second-order valence-electron chi connectivity index (χ2n) is 5.31. The maximum absolute atomic E-state index is 13.2. The molecule has 1 unspecified atom stereocenters. The molecule has 2 N–H and O–H groups in total. The topological polar surface area (TPSA) is 46.3 Å². The van der Waals surface area contributed by atoms with Crippen LogP contribution in [0.3, 0.4) is 0 Å². The van der Waals surface area contributed by atoms with Gasteiger partial charge < -0.3 is 10.6 Å². The van der Waals surface area contributed by atoms with Crippen molar-refractivity contribution in [2.24, 2.45) is 5.73 Å². The molecule has 1 atom stereocenters. The summed E-state index contributed by atoms with van der Waals surface area (Å²) in [4.78, 5) is 13.7. The summed E-state index contributed by atoms with van der Waals surface area (Å²) in [5.74, 6) is -1.75. The highest BCUT2D eigenvalue weighted by Gasteiger charge is 2.18. The molecule has 118 valence electrons. The second kappa shape index (κ2) is 8.72. The van der Waals surface area contributed by atoms with E-state index in [0.717, 1.165) is 37.8 Å². The molecule has 0 aliphatic rings. The van der Waals surface area contributed by atoms with E-state index in [2.05, 4.69) is 0 Å². The molecule has 21 heavy (non-hydrogen) atoms. The Bertz CT molecular complexity index is 466. The van der Waals surface area contributed by atoms with Crippen molar-refractivity contribution in [1.29, 1.82) is 0 Å². The number of carbonyl (C=O) groups is 1. The molecule has 0 aromatic heterocycles. The van der Waals surface area contributed by atoms with Gasteiger partial charge in [-0.05, 0) is 44.0 Å². The molecule has 0 aliphatic carbocycles. The van der Waals surface area contributed by atoms with Crippen molar-refractivity contribution < 1.29 is 13.6 Å². The lowest BCUT2D eigenvalue weighted by Crippen LogP contribution is -2.29. The van der Waals surface area contributed by atoms with E-state index >= 15 is 0 Å². The Labute approximate surface area is 125 Å². The van der Waals surface area contributed by atoms with Crippen LogP contribution in [0, 0.1) is 11.6 Å². The smallest absolute Gasteiger partial charge is 0.222 e. The number of halogens is 2. The first-order chi connectivity index (χ1) is 9.97. The van der Waals surface area contributed by atoms with E-state index in [1.807, 2.05) is 0 Å². The summed E-state index contributed by atoms with van der Waals surface area (Å²) in [6.07, 6.45) is 4.29. The predicted molar refractivity (Wildman–Crippen MR) is 79.7 cm³/mol. The number of benzene rings is 1. The van der Waals surface area contributed by atoms with Crippen molar-refractivity contribution in [3.8, 4) is 0 Å². The van der Waals surface area contributed by atoms with E-state index in [1.54, 1.807) is 18.9 Å². The van der Waals surface area contributed by atoms with Crippen LogP contribution in [0.25, 0.3) is 0 Å². The van der Waals surface area contributed by atoms with Crippen molar-refractivity contribution in [3.63, 3.8) is 0 Å². The maximum atomic E-state index is 13.2. The Morgan fingerprint density at radius 3 is 2.48 bits per heavy atom. The van der Waals surface area contributed by atoms with Crippen LogP contribution in [0.5, 0.6) is 0 Å². The van der Waals surface area contributed by atoms with Gasteiger partial charge in [-0.2, -0.15) is 0 Å². The van der Waals surface area contributed by atoms with Crippen LogP contribution in [0.15, 0.2) is 18.2 Å². The maximum Gasteiger partial charge on any atom is 0.222 e. The summed E-state index contributed by atoms with van der Waals surface area (Å²) < 4.78 is 26.2. The number of nitrogens with zero attached hydrogens (tertiary/aromatic N) is 1. The van der Waals surface area contributed by atoms with Gasteiger partial charge in [-0.15, -0.1) is 0 Å². The van der Waals surface area contributed by atoms with Crippen LogP contribution in [-0.4, -0.2) is 24.4 Å². The van der Waals surface area contributed by atoms with Gasteiger partial charge in [-0.3, -0.25) is 4.79 Å². The highest BCUT2D eigenvalue weighted by Crippen LogP contribution is 2.22. The van der Waals surface area contributed by atoms with Gasteiger partial charge in [0, 0.05) is 13.5 Å². The van der Waals surface area contributed by atoms with E-state index in [4.69, 9.17) is 5.73 Å². The Kier molecular flexibility index (Phi) is 7.29. The summed E-state index contributed by atoms with van der Waals surface area (Å²) >= 11 is 0. The third kappa shape index (κ3) is 5.42. The van der Waals surface area contributed by atoms with Crippen molar-refractivity contribution in [1.82, 2.24) is 4.90 Å². The van der Waals surface area contributed by atoms with Gasteiger partial charge in [0.15, 0.2) is 11.6 Å². The lowest BCUT2D eigenvalue weighted by atomic mass is 10.1. The number of unbranched alkanes of at least 4 members (excludes halogenated alkanes) is 3. The van der Waals surface area contributed by atoms with Gasteiger partial charge in [-0.25, -0.2) is 8.78 Å². The quantitative estimate of drug-likeness (QED) is 0.748. The molecule has 5 heteroatoms. The highest BCUT2D eigenvalue weighted by molar-refractivity contribution is 5.76. The fourth-order valence-corrected chi connectivity index (χ4v) is 2.16. The summed E-state index contributed by atoms with van der Waals surface area (Å²) in [7, 11) is 1.69. The number of hydrogen-bond donors (Lipinski definition) is 1. The molecule has 1 aromatic rings. The van der Waals surface area contributed by atoms with Gasteiger partial charge in [-0.1, -0.05) is 18.9 Å². The van der Waals surface area contributed by atoms with Gasteiger partial charge in [0.2, 0.25) is 5.91 Å². The zero-order chi connectivity index (χ0) is 15.8. The molecule has 0 heterocycles. The largest absolute Gasteiger partial charge is 0.339 e. The summed E-state index contributed by atoms with van der Waals surface area (Å²) in [6, 6.07) is 3.46. The monoisotopic (exact) mass is 298 g/mol. The lowest BCUT2D eigenvalue weighted by molar-refractivity contribution is -0.131. The summed E-state index contributed by atoms with van der Waals surface area (Å²) in [5, 5.41) is 0. The third-order valence-electron chi connectivity index (χ3n) is 3.75. The Morgan fingerprint density at radius 2 is 1.86 bits per heavy atom. The second-order valence-corrected chi connectivity index (χ2v) is 5.31. The summed E-state index contributed by atoms with van der Waals surface area (Å²) in [6.45, 7) is 2.49. The molecule has 3 nitrogen and oxygen atoms in total. The van der Waals surface area contributed by atoms with Crippen molar-refractivity contribution in [2.75, 3.05) is 13.6 Å². The normalized spacial score (nSPS) is 12.2. The number of carbonyl (C=O) groups excluding carboxylic acids is 1. The zero-order valence-electron chi connectivity index (χ0n) is 12.7. The highest BCUT2D eigenvalue weighted by atomic mass is 19.2. The van der Waals surface area contributed by atoms with E-state index in [0.29, 0.717) is 18.5 Å². The average Bonchev–Trinajstić information content (AvgIpc) is 2.48. The third-order valence-corrected chi connectivity index (χ3v) is 3.75. The van der Waals surface area contributed by atoms with Gasteiger partial charge >= 0.3 is 0 Å². The van der Waals surface area contributed by atoms with Crippen LogP contribution < -0.4 is 5.73 Å². The molecule has 0 saturated heterocycles. The zero-order valence-corrected chi connectivity index (χ0v) is 12.7. The standard InChI is InChI=1S/C16H24F2N2O/c1-12(13-8-9-14(17)15(18)11-13)20(2)16(21)7-5-3-4-6-10-19/h8-9,11-12H,3-7,10,19H2,1-2H3. The van der Waals surface area contributed by atoms with E-state index in [1.165, 1.54) is 6.07 Å². The number of hydrogen-bond acceptors (Lipinski definition) is 2. The first-order valence-electron chi connectivity index (χ1n) is 7.38. The minimum Gasteiger partial charge on any atom is -0.339 e. The van der Waals surface area contributed by atoms with E-state index in [-0.39, 0.29) is 11.9 Å². The molecule has 1 rings (SSSR count). The Balaban J connectivity index is 2.50. The fraction of sp³-hybridized carbons (Fsp3) is 0.562. The molecular weight excluding hydrogens is 274 g/mol. The van der Waals surface area contributed by atoms with Crippen LogP contribution in [0.1, 0.15) is 50.6 Å². The molecular formula is C16H24F2N2O. The van der Waals surface area contributed by atoms with Crippen LogP contribution >= 0.6 is 0 Å². The van der Waals surface area contributed by atoms with Crippen LogP contribution in [0.4, 0.5) is 8.78 Å². The summed E-state index contributed by atoms with van der Waals surface area (Å²) in [5.41, 5.74) is 6.00. The number of amides is 1. The van der Waals surface area contributed by atoms with Gasteiger partial charge in [0.1, 0.15) is 0 Å². The fourth-order valence-electron chi connectivity index (χ4n) is 2.16. The Hall–Kier alpha value is -1.49. The van der Waals surface area contributed by atoms with Gasteiger partial charge in [0.25, 0.3) is 0 Å². The lowest BCUT2D eigenvalue weighted by Gasteiger charge is -2.25. The van der Waals surface area contributed by atoms with Crippen LogP contribution in [-0.2, 0) is 4.79 Å². The molecule has 0 spiro atoms. The molecule has 0 fully saturated rings. The molecule has 0 radical (unpaired) electrons. The molecule has 0 saturated carbocycles. The minimum atomic E-state index is -0.887. The number of rotatable bonds is 8. The molecule has 0 bridgehead atoms. The molecule has 1 amide bonds. The van der Waals surface area contributed by atoms with Gasteiger partial charge in [0.05, 0.1) is 6.04 Å². The van der Waals surface area contributed by atoms with Crippen LogP contribution in [0.2, 0.25) is 0 Å². The predicted octanol–water partition coefficient (Wildman–Crippen LogP) is 3.39. The van der Waals surface area contributed by atoms with Crippen molar-refractivity contribution in [3.05, 3.63) is 35.4 Å².